The highest BCUT2D eigenvalue weighted by atomic mass is 19.4. The van der Waals surface area contributed by atoms with E-state index in [9.17, 15) is 18.0 Å². The number of amides is 1. The summed E-state index contributed by atoms with van der Waals surface area (Å²) in [6.45, 7) is 0.413. The van der Waals surface area contributed by atoms with Crippen LogP contribution in [0.4, 0.5) is 13.2 Å². The Morgan fingerprint density at radius 3 is 2.66 bits per heavy atom. The molecule has 0 saturated heterocycles. The summed E-state index contributed by atoms with van der Waals surface area (Å²) in [7, 11) is 0. The van der Waals surface area contributed by atoms with E-state index in [1.54, 1.807) is 17.1 Å². The van der Waals surface area contributed by atoms with Gasteiger partial charge in [-0.05, 0) is 29.5 Å². The lowest BCUT2D eigenvalue weighted by molar-refractivity contribution is -0.137. The molecule has 1 aliphatic rings. The number of nitrogens with one attached hydrogen (secondary N) is 1. The van der Waals surface area contributed by atoms with Crippen LogP contribution in [0.1, 0.15) is 35.1 Å². The average molecular weight is 400 g/mol. The molecule has 2 aromatic carbocycles. The third-order valence-corrected chi connectivity index (χ3v) is 5.12. The van der Waals surface area contributed by atoms with Gasteiger partial charge >= 0.3 is 6.18 Å². The van der Waals surface area contributed by atoms with Crippen molar-refractivity contribution >= 4 is 5.91 Å². The van der Waals surface area contributed by atoms with Crippen molar-refractivity contribution in [2.45, 2.75) is 31.1 Å². The molecule has 1 heterocycles. The zero-order valence-electron chi connectivity index (χ0n) is 15.4. The Morgan fingerprint density at radius 1 is 1.17 bits per heavy atom. The zero-order valence-corrected chi connectivity index (χ0v) is 15.4. The third-order valence-electron chi connectivity index (χ3n) is 5.12. The van der Waals surface area contributed by atoms with Gasteiger partial charge in [-0.2, -0.15) is 18.3 Å². The molecule has 3 atom stereocenters. The molecule has 0 radical (unpaired) electrons. The molecule has 3 aromatic rings. The van der Waals surface area contributed by atoms with E-state index in [-0.39, 0.29) is 23.8 Å². The molecule has 1 amide bonds. The SMILES string of the molecule is O=C(NC(Cn1cncn1)c1ccccc1)C1CC1c1cccc(C(F)(F)F)c1. The molecule has 1 aliphatic carbocycles. The molecule has 1 fully saturated rings. The second-order valence-corrected chi connectivity index (χ2v) is 7.16. The normalized spacial score (nSPS) is 19.6. The fourth-order valence-corrected chi connectivity index (χ4v) is 3.51. The molecule has 0 bridgehead atoms. The van der Waals surface area contributed by atoms with E-state index in [1.807, 2.05) is 30.3 Å². The van der Waals surface area contributed by atoms with Crippen LogP contribution in [0, 0.1) is 5.92 Å². The van der Waals surface area contributed by atoms with Gasteiger partial charge in [0.1, 0.15) is 12.7 Å². The van der Waals surface area contributed by atoms with Crippen molar-refractivity contribution in [1.29, 1.82) is 0 Å². The van der Waals surface area contributed by atoms with E-state index in [0.717, 1.165) is 17.7 Å². The fraction of sp³-hybridized carbons (Fsp3) is 0.286. The first-order valence-corrected chi connectivity index (χ1v) is 9.26. The van der Waals surface area contributed by atoms with E-state index in [4.69, 9.17) is 0 Å². The van der Waals surface area contributed by atoms with Crippen LogP contribution in [0.5, 0.6) is 0 Å². The number of halogens is 3. The molecular formula is C21H19F3N4O. The first-order chi connectivity index (χ1) is 13.9. The van der Waals surface area contributed by atoms with Gasteiger partial charge in [0.2, 0.25) is 5.91 Å². The summed E-state index contributed by atoms with van der Waals surface area (Å²) < 4.78 is 40.5. The van der Waals surface area contributed by atoms with Crippen LogP contribution in [0.2, 0.25) is 0 Å². The van der Waals surface area contributed by atoms with Crippen molar-refractivity contribution in [2.24, 2.45) is 5.92 Å². The molecule has 0 aliphatic heterocycles. The van der Waals surface area contributed by atoms with Gasteiger partial charge in [-0.15, -0.1) is 0 Å². The van der Waals surface area contributed by atoms with Gasteiger partial charge in [-0.1, -0.05) is 48.5 Å². The van der Waals surface area contributed by atoms with Crippen LogP contribution in [0.15, 0.2) is 67.3 Å². The molecule has 8 heteroatoms. The monoisotopic (exact) mass is 400 g/mol. The van der Waals surface area contributed by atoms with Crippen LogP contribution in [0.25, 0.3) is 0 Å². The van der Waals surface area contributed by atoms with Crippen LogP contribution in [0.3, 0.4) is 0 Å². The number of hydrogen-bond donors (Lipinski definition) is 1. The molecule has 5 nitrogen and oxygen atoms in total. The van der Waals surface area contributed by atoms with Crippen molar-refractivity contribution in [3.05, 3.63) is 83.9 Å². The number of hydrogen-bond acceptors (Lipinski definition) is 3. The zero-order chi connectivity index (χ0) is 20.4. The predicted octanol–water partition coefficient (Wildman–Crippen LogP) is 3.96. The Morgan fingerprint density at radius 2 is 1.97 bits per heavy atom. The number of aromatic nitrogens is 3. The Bertz CT molecular complexity index is 973. The first-order valence-electron chi connectivity index (χ1n) is 9.26. The lowest BCUT2D eigenvalue weighted by Crippen LogP contribution is -2.33. The van der Waals surface area contributed by atoms with Crippen molar-refractivity contribution < 1.29 is 18.0 Å². The van der Waals surface area contributed by atoms with Crippen molar-refractivity contribution in [2.75, 3.05) is 0 Å². The Balaban J connectivity index is 1.46. The standard InChI is InChI=1S/C21H19F3N4O/c22-21(23,24)16-8-4-7-15(9-16)17-10-18(17)20(29)27-19(11-28-13-25-12-26-28)14-5-2-1-3-6-14/h1-9,12-13,17-19H,10-11H2,(H,27,29). The van der Waals surface area contributed by atoms with Crippen molar-refractivity contribution in [1.82, 2.24) is 20.1 Å². The maximum Gasteiger partial charge on any atom is 0.416 e. The van der Waals surface area contributed by atoms with E-state index >= 15 is 0 Å². The van der Waals surface area contributed by atoms with Gasteiger partial charge in [-0.25, -0.2) is 4.98 Å². The summed E-state index contributed by atoms with van der Waals surface area (Å²) in [4.78, 5) is 16.7. The second-order valence-electron chi connectivity index (χ2n) is 7.16. The summed E-state index contributed by atoms with van der Waals surface area (Å²) in [5, 5.41) is 7.12. The van der Waals surface area contributed by atoms with Crippen molar-refractivity contribution in [3.8, 4) is 0 Å². The fourth-order valence-electron chi connectivity index (χ4n) is 3.51. The molecule has 1 saturated carbocycles. The van der Waals surface area contributed by atoms with Crippen LogP contribution in [-0.2, 0) is 17.5 Å². The Labute approximate surface area is 165 Å². The summed E-state index contributed by atoms with van der Waals surface area (Å²) in [6, 6.07) is 14.4. The molecule has 1 aromatic heterocycles. The lowest BCUT2D eigenvalue weighted by Gasteiger charge is -2.19. The molecule has 150 valence electrons. The highest BCUT2D eigenvalue weighted by Crippen LogP contribution is 2.48. The highest BCUT2D eigenvalue weighted by molar-refractivity contribution is 5.83. The van der Waals surface area contributed by atoms with E-state index in [1.165, 1.54) is 12.4 Å². The number of carbonyl (C=O) groups is 1. The number of carbonyl (C=O) groups excluding carboxylic acids is 1. The average Bonchev–Trinajstić information content (AvgIpc) is 3.36. The summed E-state index contributed by atoms with van der Waals surface area (Å²) in [5.74, 6) is -0.693. The van der Waals surface area contributed by atoms with Crippen LogP contribution >= 0.6 is 0 Å². The van der Waals surface area contributed by atoms with Gasteiger partial charge in [0.05, 0.1) is 18.2 Å². The van der Waals surface area contributed by atoms with Crippen molar-refractivity contribution in [3.63, 3.8) is 0 Å². The first kappa shape index (κ1) is 19.2. The summed E-state index contributed by atoms with van der Waals surface area (Å²) in [6.07, 6.45) is -0.851. The van der Waals surface area contributed by atoms with E-state index < -0.39 is 11.7 Å². The molecule has 1 N–H and O–H groups in total. The maximum absolute atomic E-state index is 13.0. The molecule has 29 heavy (non-hydrogen) atoms. The van der Waals surface area contributed by atoms with E-state index in [0.29, 0.717) is 18.5 Å². The largest absolute Gasteiger partial charge is 0.416 e. The van der Waals surface area contributed by atoms with Gasteiger partial charge in [0.15, 0.2) is 0 Å². The van der Waals surface area contributed by atoms with Crippen LogP contribution in [-0.4, -0.2) is 20.7 Å². The molecular weight excluding hydrogens is 381 g/mol. The lowest BCUT2D eigenvalue weighted by atomic mass is 10.0. The number of benzene rings is 2. The number of nitrogens with zero attached hydrogens (tertiary/aromatic N) is 3. The minimum Gasteiger partial charge on any atom is -0.347 e. The molecule has 0 spiro atoms. The Kier molecular flexibility index (Phi) is 5.08. The van der Waals surface area contributed by atoms with Gasteiger partial charge in [-0.3, -0.25) is 9.48 Å². The Hall–Kier alpha value is -3.16. The predicted molar refractivity (Wildman–Crippen MR) is 99.6 cm³/mol. The minimum absolute atomic E-state index is 0.165. The van der Waals surface area contributed by atoms with Crippen LogP contribution < -0.4 is 5.32 Å². The van der Waals surface area contributed by atoms with Gasteiger partial charge in [0.25, 0.3) is 0 Å². The smallest absolute Gasteiger partial charge is 0.347 e. The number of rotatable bonds is 6. The summed E-state index contributed by atoms with van der Waals surface area (Å²) in [5.41, 5.74) is 0.787. The minimum atomic E-state index is -4.39. The maximum atomic E-state index is 13.0. The highest BCUT2D eigenvalue weighted by Gasteiger charge is 2.45. The third kappa shape index (κ3) is 4.47. The second kappa shape index (κ2) is 7.69. The molecule has 3 unspecified atom stereocenters. The molecule has 4 rings (SSSR count). The van der Waals surface area contributed by atoms with E-state index in [2.05, 4.69) is 15.4 Å². The topological polar surface area (TPSA) is 59.8 Å². The summed E-state index contributed by atoms with van der Waals surface area (Å²) >= 11 is 0. The quantitative estimate of drug-likeness (QED) is 0.682. The van der Waals surface area contributed by atoms with Gasteiger partial charge < -0.3 is 5.32 Å². The van der Waals surface area contributed by atoms with Gasteiger partial charge in [0, 0.05) is 5.92 Å². The number of alkyl halides is 3.